The van der Waals surface area contributed by atoms with Gasteiger partial charge in [0.15, 0.2) is 13.2 Å². The predicted octanol–water partition coefficient (Wildman–Crippen LogP) is 2.22. The molecule has 2 heterocycles. The van der Waals surface area contributed by atoms with Crippen LogP contribution in [0.4, 0.5) is 11.4 Å². The molecule has 3 rings (SSSR count). The molecule has 30 heavy (non-hydrogen) atoms. The van der Waals surface area contributed by atoms with E-state index in [1.54, 1.807) is 40.6 Å². The first kappa shape index (κ1) is 21.3. The van der Waals surface area contributed by atoms with Gasteiger partial charge in [0.05, 0.1) is 12.8 Å². The Hall–Kier alpha value is -3.40. The van der Waals surface area contributed by atoms with Gasteiger partial charge in [0, 0.05) is 18.7 Å². The Morgan fingerprint density at radius 3 is 2.57 bits per heavy atom. The number of benzene rings is 1. The van der Waals surface area contributed by atoms with E-state index in [1.807, 2.05) is 0 Å². The third-order valence-electron chi connectivity index (χ3n) is 4.25. The molecule has 1 aliphatic rings. The Morgan fingerprint density at radius 2 is 1.90 bits per heavy atom. The molecule has 1 saturated heterocycles. The fourth-order valence-electron chi connectivity index (χ4n) is 2.82. The van der Waals surface area contributed by atoms with Gasteiger partial charge in [0.1, 0.15) is 10.6 Å². The first-order valence-electron chi connectivity index (χ1n) is 9.12. The van der Waals surface area contributed by atoms with Crippen LogP contribution in [0, 0.1) is 0 Å². The highest BCUT2D eigenvalue weighted by Gasteiger charge is 2.21. The Labute approximate surface area is 176 Å². The Morgan fingerprint density at radius 1 is 1.13 bits per heavy atom. The molecule has 0 spiro atoms. The minimum absolute atomic E-state index is 0.0895. The van der Waals surface area contributed by atoms with Crippen molar-refractivity contribution in [1.29, 1.82) is 0 Å². The quantitative estimate of drug-likeness (QED) is 0.637. The molecular formula is C20H20N2O7S. The largest absolute Gasteiger partial charge is 0.482 e. The number of nitrogens with zero attached hydrogens (tertiary/aromatic N) is 1. The minimum Gasteiger partial charge on any atom is -0.482 e. The molecule has 2 amide bonds. The topological polar surface area (TPSA) is 111 Å². The van der Waals surface area contributed by atoms with Gasteiger partial charge in [-0.2, -0.15) is 0 Å². The van der Waals surface area contributed by atoms with Gasteiger partial charge in [-0.05, 0) is 42.1 Å². The molecule has 0 atom stereocenters. The summed E-state index contributed by atoms with van der Waals surface area (Å²) >= 11 is 1.12. The normalized spacial score (nSPS) is 13.1. The van der Waals surface area contributed by atoms with Crippen molar-refractivity contribution in [3.8, 4) is 5.75 Å². The van der Waals surface area contributed by atoms with Crippen molar-refractivity contribution in [2.75, 3.05) is 37.1 Å². The monoisotopic (exact) mass is 432 g/mol. The van der Waals surface area contributed by atoms with Crippen molar-refractivity contribution in [2.24, 2.45) is 0 Å². The van der Waals surface area contributed by atoms with Gasteiger partial charge >= 0.3 is 11.9 Å². The summed E-state index contributed by atoms with van der Waals surface area (Å²) in [7, 11) is 1.24. The number of thiophene rings is 1. The maximum Gasteiger partial charge on any atom is 0.350 e. The van der Waals surface area contributed by atoms with E-state index in [9.17, 15) is 19.2 Å². The number of ether oxygens (including phenoxy) is 3. The van der Waals surface area contributed by atoms with Gasteiger partial charge in [-0.15, -0.1) is 11.3 Å². The molecule has 1 aliphatic heterocycles. The van der Waals surface area contributed by atoms with Crippen molar-refractivity contribution < 1.29 is 33.4 Å². The molecule has 1 fully saturated rings. The van der Waals surface area contributed by atoms with E-state index >= 15 is 0 Å². The van der Waals surface area contributed by atoms with E-state index in [0.29, 0.717) is 24.4 Å². The zero-order valence-corrected chi connectivity index (χ0v) is 17.0. The van der Waals surface area contributed by atoms with Crippen LogP contribution in [0.15, 0.2) is 35.7 Å². The second-order valence-corrected chi connectivity index (χ2v) is 7.21. The molecular weight excluding hydrogens is 412 g/mol. The van der Waals surface area contributed by atoms with Crippen LogP contribution in [0.5, 0.6) is 5.75 Å². The molecule has 1 aromatic carbocycles. The van der Waals surface area contributed by atoms with E-state index in [0.717, 1.165) is 23.4 Å². The molecule has 9 nitrogen and oxygen atoms in total. The van der Waals surface area contributed by atoms with Crippen LogP contribution < -0.4 is 15.0 Å². The molecule has 1 aromatic heterocycles. The van der Waals surface area contributed by atoms with Crippen molar-refractivity contribution in [3.05, 3.63) is 40.6 Å². The Balaban J connectivity index is 1.41. The number of amides is 2. The highest BCUT2D eigenvalue weighted by Crippen LogP contribution is 2.24. The molecule has 158 valence electrons. The summed E-state index contributed by atoms with van der Waals surface area (Å²) in [4.78, 5) is 49.0. The minimum atomic E-state index is -0.720. The lowest BCUT2D eigenvalue weighted by Gasteiger charge is -2.16. The first-order chi connectivity index (χ1) is 14.5. The second-order valence-electron chi connectivity index (χ2n) is 6.30. The van der Waals surface area contributed by atoms with Crippen LogP contribution in [0.25, 0.3) is 0 Å². The smallest absolute Gasteiger partial charge is 0.350 e. The molecule has 10 heteroatoms. The van der Waals surface area contributed by atoms with E-state index in [-0.39, 0.29) is 17.4 Å². The van der Waals surface area contributed by atoms with Gasteiger partial charge in [-0.3, -0.25) is 9.59 Å². The number of anilines is 2. The van der Waals surface area contributed by atoms with Crippen molar-refractivity contribution in [2.45, 2.75) is 12.8 Å². The highest BCUT2D eigenvalue weighted by atomic mass is 32.1. The third kappa shape index (κ3) is 5.35. The van der Waals surface area contributed by atoms with E-state index in [2.05, 4.69) is 10.1 Å². The summed E-state index contributed by atoms with van der Waals surface area (Å²) in [6, 6.07) is 8.37. The molecule has 0 bridgehead atoms. The summed E-state index contributed by atoms with van der Waals surface area (Å²) in [5, 5.41) is 4.12. The van der Waals surface area contributed by atoms with E-state index in [4.69, 9.17) is 9.47 Å². The number of carbonyl (C=O) groups excluding carboxylic acids is 4. The molecule has 2 aromatic rings. The molecule has 0 unspecified atom stereocenters. The average Bonchev–Trinajstić information content (AvgIpc) is 3.39. The van der Waals surface area contributed by atoms with Crippen molar-refractivity contribution >= 4 is 46.5 Å². The summed E-state index contributed by atoms with van der Waals surface area (Å²) in [5.41, 5.74) is 1.07. The van der Waals surface area contributed by atoms with Crippen LogP contribution in [-0.4, -0.2) is 50.6 Å². The van der Waals surface area contributed by atoms with Crippen molar-refractivity contribution in [1.82, 2.24) is 0 Å². The molecule has 0 radical (unpaired) electrons. The van der Waals surface area contributed by atoms with Gasteiger partial charge in [0.25, 0.3) is 5.91 Å². The highest BCUT2D eigenvalue weighted by molar-refractivity contribution is 7.12. The molecule has 1 N–H and O–H groups in total. The van der Waals surface area contributed by atoms with E-state index in [1.165, 1.54) is 7.11 Å². The number of carbonyl (C=O) groups is 4. The number of hydrogen-bond acceptors (Lipinski definition) is 8. The fraction of sp³-hybridized carbons (Fsp3) is 0.300. The molecule has 0 saturated carbocycles. The van der Waals surface area contributed by atoms with Gasteiger partial charge in [-0.1, -0.05) is 0 Å². The Kier molecular flexibility index (Phi) is 7.02. The lowest BCUT2D eigenvalue weighted by Crippen LogP contribution is -2.24. The van der Waals surface area contributed by atoms with Crippen molar-refractivity contribution in [3.63, 3.8) is 0 Å². The summed E-state index contributed by atoms with van der Waals surface area (Å²) in [5.74, 6) is -1.35. The zero-order valence-electron chi connectivity index (χ0n) is 16.2. The maximum atomic E-state index is 11.9. The Bertz CT molecular complexity index is 939. The predicted molar refractivity (Wildman–Crippen MR) is 109 cm³/mol. The number of rotatable bonds is 8. The number of methoxy groups -OCH3 is 1. The van der Waals surface area contributed by atoms with Gasteiger partial charge in [-0.25, -0.2) is 9.59 Å². The zero-order chi connectivity index (χ0) is 21.5. The first-order valence-corrected chi connectivity index (χ1v) is 10.0. The number of hydrogen-bond donors (Lipinski definition) is 1. The van der Waals surface area contributed by atoms with Crippen LogP contribution in [-0.2, 0) is 23.9 Å². The number of nitrogens with one attached hydrogen (secondary N) is 1. The van der Waals surface area contributed by atoms with Crippen LogP contribution in [0.3, 0.4) is 0 Å². The van der Waals surface area contributed by atoms with Gasteiger partial charge < -0.3 is 24.4 Å². The van der Waals surface area contributed by atoms with E-state index < -0.39 is 24.5 Å². The lowest BCUT2D eigenvalue weighted by molar-refractivity contribution is -0.149. The van der Waals surface area contributed by atoms with Crippen LogP contribution in [0.2, 0.25) is 0 Å². The second kappa shape index (κ2) is 9.88. The average molecular weight is 432 g/mol. The summed E-state index contributed by atoms with van der Waals surface area (Å²) in [6.45, 7) is -0.199. The standard InChI is InChI=1S/C20H20N2O7S/c1-27-20(26)19-15(8-10-30-19)21-16(23)11-29-18(25)12-28-14-6-4-13(5-7-14)22-9-2-3-17(22)24/h4-8,10H,2-3,9,11-12H2,1H3,(H,21,23). The SMILES string of the molecule is COC(=O)c1sccc1NC(=O)COC(=O)COc1ccc(N2CCCC2=O)cc1. The lowest BCUT2D eigenvalue weighted by atomic mass is 10.3. The molecule has 0 aliphatic carbocycles. The fourth-order valence-corrected chi connectivity index (χ4v) is 3.58. The van der Waals surface area contributed by atoms with Crippen LogP contribution >= 0.6 is 11.3 Å². The number of esters is 2. The summed E-state index contributed by atoms with van der Waals surface area (Å²) < 4.78 is 14.9. The summed E-state index contributed by atoms with van der Waals surface area (Å²) in [6.07, 6.45) is 1.39. The van der Waals surface area contributed by atoms with Gasteiger partial charge in [0.2, 0.25) is 5.91 Å². The maximum absolute atomic E-state index is 11.9. The third-order valence-corrected chi connectivity index (χ3v) is 5.15. The van der Waals surface area contributed by atoms with Crippen LogP contribution in [0.1, 0.15) is 22.5 Å².